The summed E-state index contributed by atoms with van der Waals surface area (Å²) < 4.78 is 5.13. The van der Waals surface area contributed by atoms with Crippen LogP contribution in [0.25, 0.3) is 0 Å². The van der Waals surface area contributed by atoms with Gasteiger partial charge in [-0.2, -0.15) is 0 Å². The molecule has 2 heterocycles. The summed E-state index contributed by atoms with van der Waals surface area (Å²) in [5.41, 5.74) is -1.10. The zero-order valence-electron chi connectivity index (χ0n) is 9.67. The molecule has 3 N–H and O–H groups in total. The number of hydrogen-bond donors (Lipinski definition) is 3. The van der Waals surface area contributed by atoms with E-state index in [0.717, 1.165) is 0 Å². The largest absolute Gasteiger partial charge is 0.481 e. The molecule has 18 heavy (non-hydrogen) atoms. The van der Waals surface area contributed by atoms with E-state index in [-0.39, 0.29) is 13.2 Å². The van der Waals surface area contributed by atoms with E-state index in [9.17, 15) is 9.59 Å². The third-order valence-electron chi connectivity index (χ3n) is 2.90. The van der Waals surface area contributed by atoms with E-state index in [4.69, 9.17) is 9.84 Å². The monoisotopic (exact) mass is 271 g/mol. The first kappa shape index (κ1) is 12.8. The Morgan fingerprint density at radius 2 is 2.44 bits per heavy atom. The summed E-state index contributed by atoms with van der Waals surface area (Å²) in [6.07, 6.45) is 1.57. The van der Waals surface area contributed by atoms with Gasteiger partial charge in [-0.1, -0.05) is 0 Å². The SMILES string of the molecule is CC1(C(=O)O)COCC1NC(=O)Nc1nccs1. The van der Waals surface area contributed by atoms with Crippen LogP contribution in [0.1, 0.15) is 6.92 Å². The lowest BCUT2D eigenvalue weighted by Gasteiger charge is -2.25. The number of aliphatic carboxylic acids is 1. The summed E-state index contributed by atoms with van der Waals surface area (Å²) in [6, 6.07) is -1.04. The van der Waals surface area contributed by atoms with Crippen LogP contribution in [0.3, 0.4) is 0 Å². The molecule has 1 aromatic heterocycles. The molecule has 0 spiro atoms. The number of carboxylic acids is 1. The van der Waals surface area contributed by atoms with Crippen LogP contribution in [0.4, 0.5) is 9.93 Å². The fourth-order valence-electron chi connectivity index (χ4n) is 1.66. The number of ether oxygens (including phenoxy) is 1. The molecule has 2 unspecified atom stereocenters. The van der Waals surface area contributed by atoms with Gasteiger partial charge >= 0.3 is 12.0 Å². The van der Waals surface area contributed by atoms with Gasteiger partial charge in [0, 0.05) is 11.6 Å². The number of thiazole rings is 1. The third-order valence-corrected chi connectivity index (χ3v) is 3.59. The maximum absolute atomic E-state index is 11.7. The first-order valence-corrected chi connectivity index (χ1v) is 6.18. The molecular formula is C10H13N3O4S. The summed E-state index contributed by atoms with van der Waals surface area (Å²) in [7, 11) is 0. The minimum Gasteiger partial charge on any atom is -0.481 e. The van der Waals surface area contributed by atoms with Crippen LogP contribution < -0.4 is 10.6 Å². The summed E-state index contributed by atoms with van der Waals surface area (Å²) >= 11 is 1.28. The average Bonchev–Trinajstić information content (AvgIpc) is 2.90. The lowest BCUT2D eigenvalue weighted by Crippen LogP contribution is -2.50. The van der Waals surface area contributed by atoms with Crippen LogP contribution in [-0.4, -0.2) is 41.3 Å². The topological polar surface area (TPSA) is 101 Å². The highest BCUT2D eigenvalue weighted by Gasteiger charge is 2.47. The highest BCUT2D eigenvalue weighted by atomic mass is 32.1. The molecule has 1 aliphatic heterocycles. The van der Waals surface area contributed by atoms with Crippen LogP contribution in [0.2, 0.25) is 0 Å². The molecule has 0 aromatic carbocycles. The number of amides is 2. The molecule has 98 valence electrons. The van der Waals surface area contributed by atoms with E-state index < -0.39 is 23.5 Å². The number of nitrogens with zero attached hydrogens (tertiary/aromatic N) is 1. The van der Waals surface area contributed by atoms with Crippen molar-refractivity contribution in [2.45, 2.75) is 13.0 Å². The molecule has 7 nitrogen and oxygen atoms in total. The average molecular weight is 271 g/mol. The predicted octanol–water partition coefficient (Wildman–Crippen LogP) is 0.754. The second kappa shape index (κ2) is 4.91. The highest BCUT2D eigenvalue weighted by Crippen LogP contribution is 2.28. The van der Waals surface area contributed by atoms with Crippen molar-refractivity contribution in [2.75, 3.05) is 18.5 Å². The Hall–Kier alpha value is -1.67. The Balaban J connectivity index is 1.96. The fraction of sp³-hybridized carbons (Fsp3) is 0.500. The number of urea groups is 1. The molecule has 2 rings (SSSR count). The van der Waals surface area contributed by atoms with Crippen LogP contribution in [-0.2, 0) is 9.53 Å². The number of anilines is 1. The minimum atomic E-state index is -1.10. The number of rotatable bonds is 3. The Bertz CT molecular complexity index is 450. The van der Waals surface area contributed by atoms with Crippen LogP contribution in [0.15, 0.2) is 11.6 Å². The number of carboxylic acid groups (broad SMARTS) is 1. The standard InChI is InChI=1S/C10H13N3O4S/c1-10(7(14)15)5-17-4-6(10)12-8(16)13-9-11-2-3-18-9/h2-3,6H,4-5H2,1H3,(H,14,15)(H2,11,12,13,16). The summed E-state index contributed by atoms with van der Waals surface area (Å²) in [6.45, 7) is 1.83. The molecule has 1 saturated heterocycles. The highest BCUT2D eigenvalue weighted by molar-refractivity contribution is 7.13. The van der Waals surface area contributed by atoms with E-state index in [1.807, 2.05) is 0 Å². The molecule has 1 fully saturated rings. The normalized spacial score (nSPS) is 26.8. The minimum absolute atomic E-state index is 0.0878. The lowest BCUT2D eigenvalue weighted by molar-refractivity contribution is -0.148. The van der Waals surface area contributed by atoms with Gasteiger partial charge in [-0.05, 0) is 6.92 Å². The Kier molecular flexibility index (Phi) is 3.48. The molecule has 2 amide bonds. The maximum atomic E-state index is 11.7. The van der Waals surface area contributed by atoms with Gasteiger partial charge in [-0.15, -0.1) is 11.3 Å². The van der Waals surface area contributed by atoms with Crippen molar-refractivity contribution in [3.8, 4) is 0 Å². The van der Waals surface area contributed by atoms with Crippen LogP contribution >= 0.6 is 11.3 Å². The van der Waals surface area contributed by atoms with Crippen molar-refractivity contribution in [1.82, 2.24) is 10.3 Å². The molecule has 0 radical (unpaired) electrons. The molecule has 8 heteroatoms. The van der Waals surface area contributed by atoms with Gasteiger partial charge in [0.1, 0.15) is 5.41 Å². The molecule has 0 saturated carbocycles. The summed E-state index contributed by atoms with van der Waals surface area (Å²) in [5.74, 6) is -0.987. The van der Waals surface area contributed by atoms with Crippen molar-refractivity contribution in [3.63, 3.8) is 0 Å². The van der Waals surface area contributed by atoms with Crippen molar-refractivity contribution >= 4 is 28.5 Å². The van der Waals surface area contributed by atoms with E-state index in [0.29, 0.717) is 5.13 Å². The van der Waals surface area contributed by atoms with Gasteiger partial charge in [-0.25, -0.2) is 9.78 Å². The van der Waals surface area contributed by atoms with Crippen molar-refractivity contribution in [1.29, 1.82) is 0 Å². The molecule has 0 bridgehead atoms. The van der Waals surface area contributed by atoms with E-state index in [2.05, 4.69) is 15.6 Å². The zero-order valence-corrected chi connectivity index (χ0v) is 10.5. The molecule has 2 atom stereocenters. The summed E-state index contributed by atoms with van der Waals surface area (Å²) in [5, 5.41) is 16.5. The third kappa shape index (κ3) is 2.44. The van der Waals surface area contributed by atoms with Gasteiger partial charge in [-0.3, -0.25) is 10.1 Å². The molecule has 1 aromatic rings. The second-order valence-electron chi connectivity index (χ2n) is 4.23. The van der Waals surface area contributed by atoms with E-state index in [1.165, 1.54) is 11.3 Å². The van der Waals surface area contributed by atoms with Gasteiger partial charge in [0.25, 0.3) is 0 Å². The van der Waals surface area contributed by atoms with Gasteiger partial charge < -0.3 is 15.2 Å². The fourth-order valence-corrected chi connectivity index (χ4v) is 2.19. The van der Waals surface area contributed by atoms with Gasteiger partial charge in [0.05, 0.1) is 19.3 Å². The smallest absolute Gasteiger partial charge is 0.321 e. The quantitative estimate of drug-likeness (QED) is 0.753. The van der Waals surface area contributed by atoms with E-state index >= 15 is 0 Å². The number of carbonyl (C=O) groups excluding carboxylic acids is 1. The predicted molar refractivity (Wildman–Crippen MR) is 64.6 cm³/mol. The molecule has 0 aliphatic carbocycles. The van der Waals surface area contributed by atoms with Crippen LogP contribution in [0, 0.1) is 5.41 Å². The first-order valence-electron chi connectivity index (χ1n) is 5.30. The lowest BCUT2D eigenvalue weighted by atomic mass is 9.85. The van der Waals surface area contributed by atoms with Crippen molar-refractivity contribution in [2.24, 2.45) is 5.41 Å². The first-order chi connectivity index (χ1) is 8.52. The molecule has 1 aliphatic rings. The van der Waals surface area contributed by atoms with Gasteiger partial charge in [0.2, 0.25) is 0 Å². The zero-order chi connectivity index (χ0) is 13.2. The maximum Gasteiger partial charge on any atom is 0.321 e. The van der Waals surface area contributed by atoms with Crippen LogP contribution in [0.5, 0.6) is 0 Å². The number of hydrogen-bond acceptors (Lipinski definition) is 5. The van der Waals surface area contributed by atoms with Crippen molar-refractivity contribution in [3.05, 3.63) is 11.6 Å². The van der Waals surface area contributed by atoms with E-state index in [1.54, 1.807) is 18.5 Å². The Morgan fingerprint density at radius 3 is 3.06 bits per heavy atom. The summed E-state index contributed by atoms with van der Waals surface area (Å²) in [4.78, 5) is 26.7. The second-order valence-corrected chi connectivity index (χ2v) is 5.12. The van der Waals surface area contributed by atoms with Gasteiger partial charge in [0.15, 0.2) is 5.13 Å². The molecular weight excluding hydrogens is 258 g/mol. The Labute approximate surface area is 107 Å². The number of nitrogens with one attached hydrogen (secondary N) is 2. The number of carbonyl (C=O) groups is 2. The van der Waals surface area contributed by atoms with Crippen molar-refractivity contribution < 1.29 is 19.4 Å². The Morgan fingerprint density at radius 1 is 1.67 bits per heavy atom. The number of aromatic nitrogens is 1.